The van der Waals surface area contributed by atoms with Crippen molar-refractivity contribution in [3.8, 4) is 0 Å². The molecule has 0 spiro atoms. The monoisotopic (exact) mass is 515 g/mol. The summed E-state index contributed by atoms with van der Waals surface area (Å²) in [4.78, 5) is 4.17. The maximum atomic E-state index is 4.17. The van der Waals surface area contributed by atoms with Gasteiger partial charge in [0, 0.05) is 11.5 Å². The Morgan fingerprint density at radius 1 is 0.730 bits per heavy atom. The lowest BCUT2D eigenvalue weighted by molar-refractivity contribution is 0.257. The van der Waals surface area contributed by atoms with Crippen LogP contribution in [0.25, 0.3) is 5.20 Å². The number of benzene rings is 1. The Labute approximate surface area is 229 Å². The van der Waals surface area contributed by atoms with Gasteiger partial charge in [-0.15, -0.1) is 0 Å². The standard InChI is InChI=1S/C35H53NSi/c1-31(2,3)36-37(12,13)30-24-20-28-26(32(4,5)14-16-34(28,8)9)18-22(24)23-19-27-29(21-25(23)30)35(10,11)17-15-33(27,6)7/h18-22,36H,14-17H2,1-13H3. The average molecular weight is 516 g/mol. The lowest BCUT2D eigenvalue weighted by Gasteiger charge is -2.47. The number of hydrogen-bond acceptors (Lipinski definition) is 1. The van der Waals surface area contributed by atoms with Gasteiger partial charge in [0.25, 0.3) is 0 Å². The van der Waals surface area contributed by atoms with E-state index in [0.717, 1.165) is 0 Å². The summed E-state index contributed by atoms with van der Waals surface area (Å²) in [5.74, 6) is 0.386. The van der Waals surface area contributed by atoms with E-state index >= 15 is 0 Å². The molecule has 1 fully saturated rings. The van der Waals surface area contributed by atoms with Crippen LogP contribution in [0, 0.1) is 10.8 Å². The van der Waals surface area contributed by atoms with E-state index in [0.29, 0.717) is 5.92 Å². The molecule has 5 rings (SSSR count). The maximum absolute atomic E-state index is 4.17. The number of allylic oxidation sites excluding steroid dienone is 5. The Kier molecular flexibility index (Phi) is 5.77. The molecule has 1 N–H and O–H groups in total. The molecule has 1 unspecified atom stereocenters. The van der Waals surface area contributed by atoms with Gasteiger partial charge in [0.05, 0.1) is 0 Å². The number of fused-ring (bicyclic) bond motifs is 5. The Hall–Kier alpha value is -1.38. The predicted molar refractivity (Wildman–Crippen MR) is 165 cm³/mol. The van der Waals surface area contributed by atoms with Crippen molar-refractivity contribution in [2.24, 2.45) is 10.8 Å². The average Bonchev–Trinajstić information content (AvgIpc) is 3.05. The summed E-state index contributed by atoms with van der Waals surface area (Å²) in [5, 5.41) is 1.66. The zero-order chi connectivity index (χ0) is 27.6. The molecule has 0 heterocycles. The topological polar surface area (TPSA) is 12.0 Å². The molecular formula is C35H53NSi. The Morgan fingerprint density at radius 3 is 1.76 bits per heavy atom. The Balaban J connectivity index is 1.83. The molecule has 0 amide bonds. The fraction of sp³-hybridized carbons (Fsp3) is 0.657. The second-order valence-corrected chi connectivity index (χ2v) is 21.0. The van der Waals surface area contributed by atoms with Gasteiger partial charge < -0.3 is 4.98 Å². The SMILES string of the molecule is CC(C)(C)N[Si](C)(C)C1=C2C=C3C(=CC2c2cc4c(cc21)C(C)(C)CCC4(C)C)C(C)(C)CCC3(C)C. The van der Waals surface area contributed by atoms with Gasteiger partial charge in [-0.05, 0) is 112 Å². The van der Waals surface area contributed by atoms with Crippen molar-refractivity contribution in [2.45, 2.75) is 137 Å². The lowest BCUT2D eigenvalue weighted by Crippen LogP contribution is -2.55. The minimum atomic E-state index is -1.98. The van der Waals surface area contributed by atoms with E-state index in [1.807, 2.05) is 0 Å². The highest BCUT2D eigenvalue weighted by Crippen LogP contribution is 2.60. The molecule has 2 heteroatoms. The van der Waals surface area contributed by atoms with Crippen LogP contribution in [0.15, 0.2) is 41.0 Å². The molecule has 37 heavy (non-hydrogen) atoms. The minimum absolute atomic E-state index is 0.0892. The highest BCUT2D eigenvalue weighted by molar-refractivity contribution is 6.93. The van der Waals surface area contributed by atoms with E-state index < -0.39 is 8.24 Å². The van der Waals surface area contributed by atoms with E-state index in [-0.39, 0.29) is 27.2 Å². The van der Waals surface area contributed by atoms with Crippen molar-refractivity contribution in [1.29, 1.82) is 0 Å². The molecule has 0 saturated heterocycles. The van der Waals surface area contributed by atoms with E-state index in [4.69, 9.17) is 0 Å². The summed E-state index contributed by atoms with van der Waals surface area (Å²) in [6.45, 7) is 31.9. The van der Waals surface area contributed by atoms with Gasteiger partial charge in [-0.2, -0.15) is 0 Å². The highest BCUT2D eigenvalue weighted by Gasteiger charge is 2.48. The fourth-order valence-corrected chi connectivity index (χ4v) is 12.0. The molecule has 0 bridgehead atoms. The first-order valence-electron chi connectivity index (χ1n) is 14.8. The molecule has 4 aliphatic rings. The molecular weight excluding hydrogens is 462 g/mol. The van der Waals surface area contributed by atoms with Gasteiger partial charge in [-0.3, -0.25) is 0 Å². The molecule has 4 aliphatic carbocycles. The van der Waals surface area contributed by atoms with Crippen LogP contribution in [-0.2, 0) is 10.8 Å². The van der Waals surface area contributed by atoms with Gasteiger partial charge in [0.1, 0.15) is 0 Å². The fourth-order valence-electron chi connectivity index (χ4n) is 8.16. The molecule has 1 saturated carbocycles. The van der Waals surface area contributed by atoms with Crippen LogP contribution in [-0.4, -0.2) is 13.8 Å². The summed E-state index contributed by atoms with van der Waals surface area (Å²) >= 11 is 0. The summed E-state index contributed by atoms with van der Waals surface area (Å²) < 4.78 is 0. The number of hydrogen-bond donors (Lipinski definition) is 1. The van der Waals surface area contributed by atoms with Crippen LogP contribution in [0.5, 0.6) is 0 Å². The third kappa shape index (κ3) is 4.29. The van der Waals surface area contributed by atoms with Crippen LogP contribution >= 0.6 is 0 Å². The number of nitrogens with one attached hydrogen (secondary N) is 1. The second-order valence-electron chi connectivity index (χ2n) is 17.0. The highest BCUT2D eigenvalue weighted by atomic mass is 28.3. The van der Waals surface area contributed by atoms with E-state index in [9.17, 15) is 0 Å². The molecule has 1 aromatic rings. The first-order valence-corrected chi connectivity index (χ1v) is 17.8. The van der Waals surface area contributed by atoms with Crippen molar-refractivity contribution in [3.05, 3.63) is 63.3 Å². The molecule has 202 valence electrons. The van der Waals surface area contributed by atoms with Gasteiger partial charge in [-0.1, -0.05) is 92.8 Å². The first-order chi connectivity index (χ1) is 16.7. The molecule has 1 atom stereocenters. The normalized spacial score (nSPS) is 27.0. The van der Waals surface area contributed by atoms with E-state index in [1.54, 1.807) is 44.2 Å². The van der Waals surface area contributed by atoms with Crippen molar-refractivity contribution >= 4 is 13.4 Å². The quantitative estimate of drug-likeness (QED) is 0.386. The van der Waals surface area contributed by atoms with E-state index in [1.165, 1.54) is 25.7 Å². The number of rotatable bonds is 2. The Morgan fingerprint density at radius 2 is 1.22 bits per heavy atom. The maximum Gasteiger partial charge on any atom is 0.153 e. The summed E-state index contributed by atoms with van der Waals surface area (Å²) in [7, 11) is -1.98. The lowest BCUT2D eigenvalue weighted by atomic mass is 9.58. The van der Waals surface area contributed by atoms with Crippen LogP contribution in [0.2, 0.25) is 13.1 Å². The summed E-state index contributed by atoms with van der Waals surface area (Å²) in [6, 6.07) is 5.34. The summed E-state index contributed by atoms with van der Waals surface area (Å²) in [5.41, 5.74) is 12.2. The smallest absolute Gasteiger partial charge is 0.153 e. The van der Waals surface area contributed by atoms with Crippen molar-refractivity contribution in [3.63, 3.8) is 0 Å². The third-order valence-electron chi connectivity index (χ3n) is 10.3. The molecule has 0 aromatic heterocycles. The van der Waals surface area contributed by atoms with Crippen molar-refractivity contribution in [1.82, 2.24) is 4.98 Å². The van der Waals surface area contributed by atoms with Gasteiger partial charge >= 0.3 is 0 Å². The summed E-state index contributed by atoms with van der Waals surface area (Å²) in [6.07, 6.45) is 10.5. The molecule has 1 aromatic carbocycles. The second kappa shape index (κ2) is 7.84. The van der Waals surface area contributed by atoms with Gasteiger partial charge in [-0.25, -0.2) is 0 Å². The Bertz CT molecular complexity index is 1250. The third-order valence-corrected chi connectivity index (χ3v) is 13.5. The van der Waals surface area contributed by atoms with Gasteiger partial charge in [0.15, 0.2) is 8.24 Å². The van der Waals surface area contributed by atoms with Gasteiger partial charge in [0.2, 0.25) is 0 Å². The van der Waals surface area contributed by atoms with E-state index in [2.05, 4.69) is 119 Å². The van der Waals surface area contributed by atoms with Crippen LogP contribution in [0.1, 0.15) is 130 Å². The predicted octanol–water partition coefficient (Wildman–Crippen LogP) is 9.73. The minimum Gasteiger partial charge on any atom is -0.329 e. The zero-order valence-electron chi connectivity index (χ0n) is 26.2. The van der Waals surface area contributed by atoms with Crippen LogP contribution in [0.4, 0.5) is 0 Å². The zero-order valence-corrected chi connectivity index (χ0v) is 27.2. The van der Waals surface area contributed by atoms with Crippen molar-refractivity contribution < 1.29 is 0 Å². The first kappa shape index (κ1) is 27.2. The van der Waals surface area contributed by atoms with Crippen LogP contribution in [0.3, 0.4) is 0 Å². The van der Waals surface area contributed by atoms with Crippen molar-refractivity contribution in [2.75, 3.05) is 0 Å². The van der Waals surface area contributed by atoms with Crippen LogP contribution < -0.4 is 4.98 Å². The molecule has 1 nitrogen and oxygen atoms in total. The molecule has 0 radical (unpaired) electrons. The largest absolute Gasteiger partial charge is 0.329 e. The molecule has 0 aliphatic heterocycles.